The van der Waals surface area contributed by atoms with Crippen molar-refractivity contribution in [3.05, 3.63) is 83.4 Å². The molecular formula is C28H30ClN3O4. The molecule has 0 bridgehead atoms. The number of carbonyl (C=O) groups is 1. The van der Waals surface area contributed by atoms with Crippen LogP contribution in [0.15, 0.2) is 71.3 Å². The first kappa shape index (κ1) is 27.1. The Hall–Kier alpha value is -3.52. The van der Waals surface area contributed by atoms with Crippen LogP contribution in [0.1, 0.15) is 36.6 Å². The lowest BCUT2D eigenvalue weighted by molar-refractivity contribution is -0.139. The summed E-state index contributed by atoms with van der Waals surface area (Å²) in [6, 6.07) is 21.3. The molecule has 0 aliphatic heterocycles. The van der Waals surface area contributed by atoms with Gasteiger partial charge >= 0.3 is 5.97 Å². The van der Waals surface area contributed by atoms with E-state index in [9.17, 15) is 4.79 Å². The van der Waals surface area contributed by atoms with Gasteiger partial charge in [-0.25, -0.2) is 0 Å². The number of hydrogen-bond donors (Lipinski definition) is 2. The van der Waals surface area contributed by atoms with Gasteiger partial charge in [0.2, 0.25) is 5.82 Å². The summed E-state index contributed by atoms with van der Waals surface area (Å²) in [5.41, 5.74) is 7.13. The van der Waals surface area contributed by atoms with Gasteiger partial charge in [-0.3, -0.25) is 10.1 Å². The summed E-state index contributed by atoms with van der Waals surface area (Å²) in [5.74, 6) is 0.0406. The number of aromatic nitrogens is 2. The number of halogens is 1. The van der Waals surface area contributed by atoms with E-state index >= 15 is 0 Å². The summed E-state index contributed by atoms with van der Waals surface area (Å²) >= 11 is 0. The van der Waals surface area contributed by atoms with Crippen LogP contribution >= 0.6 is 12.4 Å². The van der Waals surface area contributed by atoms with Crippen LogP contribution in [0, 0.1) is 6.92 Å². The first-order chi connectivity index (χ1) is 16.9. The van der Waals surface area contributed by atoms with Gasteiger partial charge in [-0.2, -0.15) is 4.98 Å². The molecule has 1 aromatic heterocycles. The van der Waals surface area contributed by atoms with Crippen molar-refractivity contribution in [1.82, 2.24) is 15.5 Å². The molecule has 7 nitrogen and oxygen atoms in total. The summed E-state index contributed by atoms with van der Waals surface area (Å²) in [6.45, 7) is 6.12. The Morgan fingerprint density at radius 3 is 2.39 bits per heavy atom. The largest absolute Gasteiger partial charge is 0.480 e. The van der Waals surface area contributed by atoms with Gasteiger partial charge in [0.15, 0.2) is 0 Å². The lowest BCUT2D eigenvalue weighted by atomic mass is 9.94. The van der Waals surface area contributed by atoms with Gasteiger partial charge in [-0.1, -0.05) is 59.8 Å². The van der Waals surface area contributed by atoms with Crippen molar-refractivity contribution >= 4 is 18.4 Å². The highest BCUT2D eigenvalue weighted by molar-refractivity contribution is 5.85. The number of carboxylic acids is 1. The Labute approximate surface area is 216 Å². The van der Waals surface area contributed by atoms with Gasteiger partial charge in [-0.15, -0.1) is 12.4 Å². The minimum atomic E-state index is -0.881. The smallest absolute Gasteiger partial charge is 0.320 e. The molecule has 0 fully saturated rings. The Morgan fingerprint density at radius 1 is 1.03 bits per heavy atom. The monoisotopic (exact) mass is 507 g/mol. The summed E-state index contributed by atoms with van der Waals surface area (Å²) in [6.07, 6.45) is 0. The summed E-state index contributed by atoms with van der Waals surface area (Å²) in [4.78, 5) is 15.7. The number of nitrogens with zero attached hydrogens (tertiary/aromatic N) is 2. The molecule has 36 heavy (non-hydrogen) atoms. The van der Waals surface area contributed by atoms with E-state index in [4.69, 9.17) is 14.4 Å². The molecule has 8 heteroatoms. The summed E-state index contributed by atoms with van der Waals surface area (Å²) < 4.78 is 11.0. The number of aliphatic carboxylic acids is 1. The van der Waals surface area contributed by atoms with Crippen molar-refractivity contribution in [2.45, 2.75) is 39.5 Å². The van der Waals surface area contributed by atoms with Gasteiger partial charge in [0.1, 0.15) is 6.04 Å². The molecule has 4 rings (SSSR count). The minimum Gasteiger partial charge on any atom is -0.480 e. The molecule has 1 heterocycles. The van der Waals surface area contributed by atoms with Crippen LogP contribution in [0.3, 0.4) is 0 Å². The van der Waals surface area contributed by atoms with Crippen molar-refractivity contribution in [1.29, 1.82) is 0 Å². The highest BCUT2D eigenvalue weighted by Crippen LogP contribution is 2.31. The molecule has 0 spiro atoms. The first-order valence-electron chi connectivity index (χ1n) is 11.5. The third-order valence-corrected chi connectivity index (χ3v) is 6.05. The minimum absolute atomic E-state index is 0. The predicted octanol–water partition coefficient (Wildman–Crippen LogP) is 6.07. The number of rotatable bonds is 9. The summed E-state index contributed by atoms with van der Waals surface area (Å²) in [7, 11) is 1.68. The second kappa shape index (κ2) is 11.9. The van der Waals surface area contributed by atoms with Gasteiger partial charge in [0, 0.05) is 24.3 Å². The quantitative estimate of drug-likeness (QED) is 0.283. The Bertz CT molecular complexity index is 1320. The molecule has 188 valence electrons. The van der Waals surface area contributed by atoms with Gasteiger partial charge in [0.05, 0.1) is 6.61 Å². The van der Waals surface area contributed by atoms with E-state index in [1.165, 1.54) is 11.1 Å². The van der Waals surface area contributed by atoms with Crippen molar-refractivity contribution in [2.75, 3.05) is 7.11 Å². The second-order valence-electron chi connectivity index (χ2n) is 8.61. The third kappa shape index (κ3) is 5.99. The zero-order valence-corrected chi connectivity index (χ0v) is 21.5. The predicted molar refractivity (Wildman–Crippen MR) is 142 cm³/mol. The Morgan fingerprint density at radius 2 is 1.72 bits per heavy atom. The molecule has 0 radical (unpaired) electrons. The fourth-order valence-electron chi connectivity index (χ4n) is 4.06. The number of methoxy groups -OCH3 is 1. The highest BCUT2D eigenvalue weighted by atomic mass is 35.5. The number of nitrogens with one attached hydrogen (secondary N) is 1. The first-order valence-corrected chi connectivity index (χ1v) is 11.5. The number of aryl methyl sites for hydroxylation is 1. The maximum atomic E-state index is 11.1. The maximum absolute atomic E-state index is 11.1. The van der Waals surface area contributed by atoms with E-state index in [0.717, 1.165) is 27.8 Å². The lowest BCUT2D eigenvalue weighted by Crippen LogP contribution is -2.35. The third-order valence-electron chi connectivity index (χ3n) is 6.05. The molecule has 0 aliphatic rings. The van der Waals surface area contributed by atoms with Crippen LogP contribution in [0.4, 0.5) is 0 Å². The van der Waals surface area contributed by atoms with E-state index < -0.39 is 12.0 Å². The van der Waals surface area contributed by atoms with Crippen molar-refractivity contribution in [2.24, 2.45) is 0 Å². The molecule has 0 unspecified atom stereocenters. The van der Waals surface area contributed by atoms with E-state index in [2.05, 4.69) is 40.6 Å². The SMILES string of the molecule is COCc1cc(-c2nc(-c3ccc([C@H](C)N[C@H](C)C(=O)O)cc3)no2)ccc1-c1ccccc1C.Cl. The van der Waals surface area contributed by atoms with Crippen molar-refractivity contribution in [3.63, 3.8) is 0 Å². The molecule has 0 saturated heterocycles. The molecule has 0 amide bonds. The van der Waals surface area contributed by atoms with Crippen LogP contribution in [0.5, 0.6) is 0 Å². The molecule has 2 N–H and O–H groups in total. The van der Waals surface area contributed by atoms with Crippen LogP contribution in [0.2, 0.25) is 0 Å². The fraction of sp³-hybridized carbons (Fsp3) is 0.250. The Kier molecular flexibility index (Phi) is 8.98. The zero-order chi connectivity index (χ0) is 24.9. The van der Waals surface area contributed by atoms with Gasteiger partial charge in [0.25, 0.3) is 5.89 Å². The molecule has 0 aliphatic carbocycles. The molecule has 3 aromatic carbocycles. The van der Waals surface area contributed by atoms with Crippen LogP contribution in [-0.4, -0.2) is 34.4 Å². The van der Waals surface area contributed by atoms with Crippen LogP contribution in [0.25, 0.3) is 34.0 Å². The fourth-order valence-corrected chi connectivity index (χ4v) is 4.06. The summed E-state index contributed by atoms with van der Waals surface area (Å²) in [5, 5.41) is 16.3. The van der Waals surface area contributed by atoms with Crippen molar-refractivity contribution in [3.8, 4) is 34.0 Å². The molecule has 2 atom stereocenters. The Balaban J connectivity index is 0.00000361. The van der Waals surface area contributed by atoms with Crippen LogP contribution in [-0.2, 0) is 16.1 Å². The second-order valence-corrected chi connectivity index (χ2v) is 8.61. The highest BCUT2D eigenvalue weighted by Gasteiger charge is 2.17. The number of ether oxygens (including phenoxy) is 1. The normalized spacial score (nSPS) is 12.6. The van der Waals surface area contributed by atoms with E-state index in [1.54, 1.807) is 14.0 Å². The number of carboxylic acid groups (broad SMARTS) is 1. The van der Waals surface area contributed by atoms with Crippen molar-refractivity contribution < 1.29 is 19.2 Å². The zero-order valence-electron chi connectivity index (χ0n) is 20.7. The number of benzene rings is 3. The standard InChI is InChI=1S/C28H29N3O4.ClH/c1-17-7-5-6-8-24(17)25-14-13-22(15-23(25)16-34-4)27-30-26(31-35-27)21-11-9-20(10-12-21)18(2)29-19(3)28(32)33;/h5-15,18-19,29H,16H2,1-4H3,(H,32,33);1H/t18-,19+;/m0./s1. The maximum Gasteiger partial charge on any atom is 0.320 e. The molecule has 4 aromatic rings. The molecule has 0 saturated carbocycles. The number of hydrogen-bond acceptors (Lipinski definition) is 6. The van der Waals surface area contributed by atoms with Gasteiger partial charge < -0.3 is 14.4 Å². The average Bonchev–Trinajstić information content (AvgIpc) is 3.35. The van der Waals surface area contributed by atoms with E-state index in [0.29, 0.717) is 18.3 Å². The van der Waals surface area contributed by atoms with E-state index in [-0.39, 0.29) is 18.4 Å². The average molecular weight is 508 g/mol. The molecular weight excluding hydrogens is 478 g/mol. The van der Waals surface area contributed by atoms with Crippen LogP contribution < -0.4 is 5.32 Å². The topological polar surface area (TPSA) is 97.5 Å². The van der Waals surface area contributed by atoms with E-state index in [1.807, 2.05) is 55.5 Å². The van der Waals surface area contributed by atoms with Gasteiger partial charge in [-0.05, 0) is 60.7 Å². The lowest BCUT2D eigenvalue weighted by Gasteiger charge is -2.17.